The van der Waals surface area contributed by atoms with Crippen molar-refractivity contribution in [2.24, 2.45) is 5.41 Å². The Balaban J connectivity index is 2.26. The topological polar surface area (TPSA) is 30.5 Å². The first-order valence-corrected chi connectivity index (χ1v) is 6.18. The van der Waals surface area contributed by atoms with Crippen molar-refractivity contribution in [3.8, 4) is 5.75 Å². The predicted octanol–water partition coefficient (Wildman–Crippen LogP) is 2.52. The van der Waals surface area contributed by atoms with Gasteiger partial charge in [-0.25, -0.2) is 4.39 Å². The molecule has 2 rings (SSSR count). The van der Waals surface area contributed by atoms with Gasteiger partial charge in [0.1, 0.15) is 17.7 Å². The van der Waals surface area contributed by atoms with Crippen LogP contribution in [0.15, 0.2) is 18.2 Å². The number of hydrogen-bond acceptors (Lipinski definition) is 3. The maximum Gasteiger partial charge on any atom is 0.132 e. The van der Waals surface area contributed by atoms with E-state index in [-0.39, 0.29) is 17.3 Å². The molecule has 0 saturated carbocycles. The van der Waals surface area contributed by atoms with Crippen LogP contribution in [-0.2, 0) is 4.74 Å². The Labute approximate surface area is 107 Å². The second kappa shape index (κ2) is 5.24. The molecule has 0 amide bonds. The first kappa shape index (κ1) is 13.3. The molecule has 0 aromatic heterocycles. The molecule has 18 heavy (non-hydrogen) atoms. The SMILES string of the molecule is COc1cccc(F)c1C1CNCC(C)(C)CO1. The van der Waals surface area contributed by atoms with Crippen molar-refractivity contribution in [1.82, 2.24) is 5.32 Å². The maximum atomic E-state index is 14.0. The van der Waals surface area contributed by atoms with E-state index in [1.54, 1.807) is 19.2 Å². The summed E-state index contributed by atoms with van der Waals surface area (Å²) in [7, 11) is 1.55. The average molecular weight is 253 g/mol. The summed E-state index contributed by atoms with van der Waals surface area (Å²) in [6, 6.07) is 4.85. The Morgan fingerprint density at radius 1 is 1.44 bits per heavy atom. The van der Waals surface area contributed by atoms with Gasteiger partial charge in [-0.15, -0.1) is 0 Å². The van der Waals surface area contributed by atoms with Crippen LogP contribution in [-0.4, -0.2) is 26.8 Å². The van der Waals surface area contributed by atoms with Crippen LogP contribution in [0.1, 0.15) is 25.5 Å². The van der Waals surface area contributed by atoms with E-state index < -0.39 is 0 Å². The average Bonchev–Trinajstić information content (AvgIpc) is 2.50. The molecule has 1 heterocycles. The van der Waals surface area contributed by atoms with Gasteiger partial charge < -0.3 is 14.8 Å². The van der Waals surface area contributed by atoms with Crippen LogP contribution in [0.5, 0.6) is 5.75 Å². The molecule has 100 valence electrons. The highest BCUT2D eigenvalue weighted by molar-refractivity contribution is 5.36. The molecule has 4 heteroatoms. The van der Waals surface area contributed by atoms with Crippen molar-refractivity contribution in [1.29, 1.82) is 0 Å². The Kier molecular flexibility index (Phi) is 3.88. The van der Waals surface area contributed by atoms with Gasteiger partial charge in [-0.3, -0.25) is 0 Å². The lowest BCUT2D eigenvalue weighted by atomic mass is 9.95. The van der Waals surface area contributed by atoms with Crippen molar-refractivity contribution in [3.05, 3.63) is 29.6 Å². The first-order valence-electron chi connectivity index (χ1n) is 6.18. The summed E-state index contributed by atoms with van der Waals surface area (Å²) in [5.74, 6) is 0.266. The van der Waals surface area contributed by atoms with Gasteiger partial charge in [0, 0.05) is 18.5 Å². The van der Waals surface area contributed by atoms with Gasteiger partial charge in [0.2, 0.25) is 0 Å². The molecule has 1 aromatic carbocycles. The van der Waals surface area contributed by atoms with E-state index in [0.717, 1.165) is 6.54 Å². The third-order valence-electron chi connectivity index (χ3n) is 3.16. The van der Waals surface area contributed by atoms with E-state index in [9.17, 15) is 4.39 Å². The van der Waals surface area contributed by atoms with E-state index >= 15 is 0 Å². The van der Waals surface area contributed by atoms with Gasteiger partial charge in [-0.2, -0.15) is 0 Å². The van der Waals surface area contributed by atoms with Crippen molar-refractivity contribution in [3.63, 3.8) is 0 Å². The number of ether oxygens (including phenoxy) is 2. The third kappa shape index (κ3) is 2.82. The molecule has 1 aromatic rings. The van der Waals surface area contributed by atoms with Crippen LogP contribution in [0.2, 0.25) is 0 Å². The Morgan fingerprint density at radius 2 is 2.22 bits per heavy atom. The van der Waals surface area contributed by atoms with Gasteiger partial charge in [0.25, 0.3) is 0 Å². The van der Waals surface area contributed by atoms with Crippen LogP contribution in [0, 0.1) is 11.2 Å². The van der Waals surface area contributed by atoms with E-state index in [1.807, 2.05) is 0 Å². The summed E-state index contributed by atoms with van der Waals surface area (Å²) in [5.41, 5.74) is 0.568. The van der Waals surface area contributed by atoms with Crippen LogP contribution in [0.25, 0.3) is 0 Å². The number of rotatable bonds is 2. The molecular weight excluding hydrogens is 233 g/mol. The molecule has 1 aliphatic rings. The lowest BCUT2D eigenvalue weighted by Crippen LogP contribution is -2.29. The molecule has 0 radical (unpaired) electrons. The van der Waals surface area contributed by atoms with Crippen LogP contribution >= 0.6 is 0 Å². The van der Waals surface area contributed by atoms with Crippen LogP contribution in [0.3, 0.4) is 0 Å². The first-order chi connectivity index (χ1) is 8.53. The highest BCUT2D eigenvalue weighted by Crippen LogP contribution is 2.32. The van der Waals surface area contributed by atoms with E-state index in [0.29, 0.717) is 24.5 Å². The minimum atomic E-state index is -0.303. The second-order valence-corrected chi connectivity index (χ2v) is 5.45. The predicted molar refractivity (Wildman–Crippen MR) is 68.3 cm³/mol. The molecular formula is C14H20FNO2. The third-order valence-corrected chi connectivity index (χ3v) is 3.16. The van der Waals surface area contributed by atoms with Gasteiger partial charge in [0.15, 0.2) is 0 Å². The number of hydrogen-bond donors (Lipinski definition) is 1. The number of benzene rings is 1. The molecule has 1 N–H and O–H groups in total. The fourth-order valence-electron chi connectivity index (χ4n) is 2.17. The Morgan fingerprint density at radius 3 is 2.94 bits per heavy atom. The molecule has 0 bridgehead atoms. The van der Waals surface area contributed by atoms with Crippen molar-refractivity contribution < 1.29 is 13.9 Å². The van der Waals surface area contributed by atoms with Gasteiger partial charge in [-0.1, -0.05) is 19.9 Å². The highest BCUT2D eigenvalue weighted by Gasteiger charge is 2.28. The Hall–Kier alpha value is -1.13. The molecule has 3 nitrogen and oxygen atoms in total. The zero-order valence-electron chi connectivity index (χ0n) is 11.1. The lowest BCUT2D eigenvalue weighted by Gasteiger charge is -2.22. The number of halogens is 1. The largest absolute Gasteiger partial charge is 0.496 e. The molecule has 1 unspecified atom stereocenters. The van der Waals surface area contributed by atoms with Crippen molar-refractivity contribution >= 4 is 0 Å². The summed E-state index contributed by atoms with van der Waals surface area (Å²) in [4.78, 5) is 0. The molecule has 0 aliphatic carbocycles. The van der Waals surface area contributed by atoms with Gasteiger partial charge in [0.05, 0.1) is 19.3 Å². The minimum absolute atomic E-state index is 0.0627. The fourth-order valence-corrected chi connectivity index (χ4v) is 2.17. The smallest absolute Gasteiger partial charge is 0.132 e. The second-order valence-electron chi connectivity index (χ2n) is 5.45. The van der Waals surface area contributed by atoms with Crippen LogP contribution in [0.4, 0.5) is 4.39 Å². The fraction of sp³-hybridized carbons (Fsp3) is 0.571. The highest BCUT2D eigenvalue weighted by atomic mass is 19.1. The molecule has 0 spiro atoms. The van der Waals surface area contributed by atoms with Gasteiger partial charge >= 0.3 is 0 Å². The Bertz CT molecular complexity index is 420. The summed E-state index contributed by atoms with van der Waals surface area (Å²) in [6.07, 6.45) is -0.303. The van der Waals surface area contributed by atoms with E-state index in [4.69, 9.17) is 9.47 Å². The normalized spacial score (nSPS) is 23.4. The molecule has 1 aliphatic heterocycles. The zero-order valence-corrected chi connectivity index (χ0v) is 11.1. The zero-order chi connectivity index (χ0) is 13.2. The summed E-state index contributed by atoms with van der Waals surface area (Å²) >= 11 is 0. The number of nitrogens with one attached hydrogen (secondary N) is 1. The lowest BCUT2D eigenvalue weighted by molar-refractivity contribution is 0.0229. The summed E-state index contributed by atoms with van der Waals surface area (Å²) in [6.45, 7) is 6.31. The monoisotopic (exact) mass is 253 g/mol. The minimum Gasteiger partial charge on any atom is -0.496 e. The van der Waals surface area contributed by atoms with E-state index in [1.165, 1.54) is 6.07 Å². The standard InChI is InChI=1S/C14H20FNO2/c1-14(2)8-16-7-12(18-9-14)13-10(15)5-4-6-11(13)17-3/h4-6,12,16H,7-9H2,1-3H3. The molecule has 1 atom stereocenters. The molecule has 1 saturated heterocycles. The van der Waals surface area contributed by atoms with Crippen molar-refractivity contribution in [2.45, 2.75) is 20.0 Å². The molecule has 1 fully saturated rings. The number of methoxy groups -OCH3 is 1. The maximum absolute atomic E-state index is 14.0. The van der Waals surface area contributed by atoms with Gasteiger partial charge in [-0.05, 0) is 12.1 Å². The van der Waals surface area contributed by atoms with Crippen molar-refractivity contribution in [2.75, 3.05) is 26.8 Å². The van der Waals surface area contributed by atoms with E-state index in [2.05, 4.69) is 19.2 Å². The summed E-state index contributed by atoms with van der Waals surface area (Å²) < 4.78 is 25.0. The van der Waals surface area contributed by atoms with Crippen LogP contribution < -0.4 is 10.1 Å². The summed E-state index contributed by atoms with van der Waals surface area (Å²) in [5, 5.41) is 3.32. The quantitative estimate of drug-likeness (QED) is 0.878.